The zero-order valence-electron chi connectivity index (χ0n) is 19.7. The van der Waals surface area contributed by atoms with Crippen LogP contribution in [-0.2, 0) is 0 Å². The van der Waals surface area contributed by atoms with Gasteiger partial charge < -0.3 is 15.7 Å². The van der Waals surface area contributed by atoms with Crippen LogP contribution < -0.4 is 16.2 Å². The highest BCUT2D eigenvalue weighted by Gasteiger charge is 2.34. The van der Waals surface area contributed by atoms with Crippen molar-refractivity contribution in [2.75, 3.05) is 11.9 Å². The molecule has 1 unspecified atom stereocenters. The third-order valence-corrected chi connectivity index (χ3v) is 5.26. The van der Waals surface area contributed by atoms with E-state index in [9.17, 15) is 23.9 Å². The molecule has 0 spiro atoms. The fraction of sp³-hybridized carbons (Fsp3) is 0.333. The quantitative estimate of drug-likeness (QED) is 0.509. The van der Waals surface area contributed by atoms with Gasteiger partial charge in [0.2, 0.25) is 0 Å². The highest BCUT2D eigenvalue weighted by molar-refractivity contribution is 5.89. The number of hydrogen-bond donors (Lipinski definition) is 3. The highest BCUT2D eigenvalue weighted by Crippen LogP contribution is 2.29. The minimum absolute atomic E-state index is 0.121. The van der Waals surface area contributed by atoms with E-state index in [1.54, 1.807) is 58.9 Å². The Balaban J connectivity index is 2.30. The number of hydrogen-bond acceptors (Lipinski definition) is 4. The Hall–Kier alpha value is -3.95. The molecule has 34 heavy (non-hydrogen) atoms. The van der Waals surface area contributed by atoms with E-state index in [0.29, 0.717) is 17.9 Å². The van der Waals surface area contributed by atoms with Crippen LogP contribution in [0.1, 0.15) is 46.5 Å². The second kappa shape index (κ2) is 9.50. The topological polar surface area (TPSA) is 117 Å². The van der Waals surface area contributed by atoms with E-state index in [4.69, 9.17) is 0 Å². The van der Waals surface area contributed by atoms with Crippen molar-refractivity contribution in [3.8, 4) is 5.69 Å². The van der Waals surface area contributed by atoms with Crippen LogP contribution in [0.15, 0.2) is 47.3 Å². The van der Waals surface area contributed by atoms with Crippen LogP contribution in [0.2, 0.25) is 0 Å². The van der Waals surface area contributed by atoms with Gasteiger partial charge in [0.25, 0.3) is 5.56 Å². The van der Waals surface area contributed by atoms with Gasteiger partial charge in [0, 0.05) is 17.8 Å². The molecule has 1 aromatic heterocycles. The smallest absolute Gasteiger partial charge is 0.408 e. The van der Waals surface area contributed by atoms with E-state index in [-0.39, 0.29) is 16.7 Å². The number of urea groups is 1. The molecule has 0 aliphatic heterocycles. The zero-order valence-corrected chi connectivity index (χ0v) is 19.7. The molecule has 1 atom stereocenters. The number of fused-ring (bicyclic) bond motifs is 1. The summed E-state index contributed by atoms with van der Waals surface area (Å²) in [6.45, 7) is 9.03. The van der Waals surface area contributed by atoms with E-state index >= 15 is 0 Å². The molecular weight excluding hydrogens is 441 g/mol. The van der Waals surface area contributed by atoms with Gasteiger partial charge in [-0.2, -0.15) is 0 Å². The molecule has 0 aliphatic rings. The Bertz CT molecular complexity index is 1300. The van der Waals surface area contributed by atoms with Crippen molar-refractivity contribution in [1.29, 1.82) is 0 Å². The lowest BCUT2D eigenvalue weighted by atomic mass is 10.0. The molecule has 0 saturated carbocycles. The summed E-state index contributed by atoms with van der Waals surface area (Å²) in [6.07, 6.45) is -1.19. The minimum Gasteiger partial charge on any atom is -0.465 e. The number of halogens is 1. The van der Waals surface area contributed by atoms with Gasteiger partial charge in [-0.25, -0.2) is 19.0 Å². The standard InChI is InChI=1S/C24H28FN5O4/c1-6-26-22(32)27-15-9-7-10-16(13-15)29-20(14(2)30(23(33)34)24(3,4)5)28-18-12-8-11-17(25)19(18)21(29)31/h7-14H,6H2,1-5H3,(H,33,34)(H2,26,27,32). The van der Waals surface area contributed by atoms with Crippen LogP contribution in [0.4, 0.5) is 19.7 Å². The maximum absolute atomic E-state index is 14.7. The fourth-order valence-electron chi connectivity index (χ4n) is 3.94. The number of carbonyl (C=O) groups is 2. The lowest BCUT2D eigenvalue weighted by Crippen LogP contribution is -2.47. The number of rotatable bonds is 5. The van der Waals surface area contributed by atoms with Crippen LogP contribution in [-0.4, -0.2) is 43.8 Å². The van der Waals surface area contributed by atoms with E-state index in [2.05, 4.69) is 15.6 Å². The number of nitrogens with one attached hydrogen (secondary N) is 2. The van der Waals surface area contributed by atoms with Gasteiger partial charge in [0.05, 0.1) is 17.2 Å². The first-order chi connectivity index (χ1) is 16.0. The van der Waals surface area contributed by atoms with Crippen LogP contribution in [0.25, 0.3) is 16.6 Å². The SMILES string of the molecule is CCNC(=O)Nc1cccc(-n2c(C(C)N(C(=O)O)C(C)(C)C)nc3cccc(F)c3c2=O)c1. The first-order valence-electron chi connectivity index (χ1n) is 10.8. The molecule has 0 radical (unpaired) electrons. The number of aromatic nitrogens is 2. The van der Waals surface area contributed by atoms with Crippen molar-refractivity contribution in [3.63, 3.8) is 0 Å². The number of benzene rings is 2. The molecule has 3 aromatic rings. The van der Waals surface area contributed by atoms with E-state index in [1.165, 1.54) is 27.7 Å². The third-order valence-electron chi connectivity index (χ3n) is 5.26. The predicted octanol–water partition coefficient (Wildman–Crippen LogP) is 4.51. The largest absolute Gasteiger partial charge is 0.465 e. The van der Waals surface area contributed by atoms with E-state index < -0.39 is 35.1 Å². The average molecular weight is 470 g/mol. The fourth-order valence-corrected chi connectivity index (χ4v) is 3.94. The summed E-state index contributed by atoms with van der Waals surface area (Å²) < 4.78 is 15.9. The number of carboxylic acid groups (broad SMARTS) is 1. The predicted molar refractivity (Wildman–Crippen MR) is 128 cm³/mol. The number of carbonyl (C=O) groups excluding carboxylic acids is 1. The summed E-state index contributed by atoms with van der Waals surface area (Å²) in [7, 11) is 0. The molecule has 0 bridgehead atoms. The first-order valence-corrected chi connectivity index (χ1v) is 10.8. The molecule has 0 aliphatic carbocycles. The number of amides is 3. The second-order valence-electron chi connectivity index (χ2n) is 8.78. The normalized spacial score (nSPS) is 12.3. The average Bonchev–Trinajstić information content (AvgIpc) is 2.72. The summed E-state index contributed by atoms with van der Waals surface area (Å²) in [5.41, 5.74) is -0.670. The van der Waals surface area contributed by atoms with Crippen LogP contribution in [0.3, 0.4) is 0 Å². The Morgan fingerprint density at radius 1 is 1.21 bits per heavy atom. The molecule has 180 valence electrons. The molecule has 2 aromatic carbocycles. The van der Waals surface area contributed by atoms with Gasteiger partial charge in [-0.3, -0.25) is 14.3 Å². The van der Waals surface area contributed by atoms with Gasteiger partial charge in [-0.05, 0) is 65.0 Å². The van der Waals surface area contributed by atoms with Crippen molar-refractivity contribution < 1.29 is 19.1 Å². The Kier molecular flexibility index (Phi) is 6.90. The molecule has 0 fully saturated rings. The lowest BCUT2D eigenvalue weighted by Gasteiger charge is -2.38. The van der Waals surface area contributed by atoms with Crippen molar-refractivity contribution in [2.45, 2.75) is 46.2 Å². The van der Waals surface area contributed by atoms with Gasteiger partial charge >= 0.3 is 12.1 Å². The first kappa shape index (κ1) is 24.7. The maximum Gasteiger partial charge on any atom is 0.408 e. The van der Waals surface area contributed by atoms with Gasteiger partial charge in [-0.1, -0.05) is 12.1 Å². The van der Waals surface area contributed by atoms with Gasteiger partial charge in [0.1, 0.15) is 17.0 Å². The van der Waals surface area contributed by atoms with Crippen LogP contribution in [0, 0.1) is 5.82 Å². The molecular formula is C24H28FN5O4. The summed E-state index contributed by atoms with van der Waals surface area (Å²) in [4.78, 5) is 43.4. The molecule has 0 saturated heterocycles. The monoisotopic (exact) mass is 469 g/mol. The Morgan fingerprint density at radius 2 is 1.88 bits per heavy atom. The maximum atomic E-state index is 14.7. The van der Waals surface area contributed by atoms with Crippen molar-refractivity contribution in [2.24, 2.45) is 0 Å². The molecule has 3 rings (SSSR count). The molecule has 9 nitrogen and oxygen atoms in total. The number of nitrogens with zero attached hydrogens (tertiary/aromatic N) is 3. The summed E-state index contributed by atoms with van der Waals surface area (Å²) in [5.74, 6) is -0.610. The second-order valence-corrected chi connectivity index (χ2v) is 8.78. The summed E-state index contributed by atoms with van der Waals surface area (Å²) in [5, 5.41) is 15.0. The van der Waals surface area contributed by atoms with Crippen molar-refractivity contribution in [1.82, 2.24) is 19.8 Å². The summed E-state index contributed by atoms with van der Waals surface area (Å²) in [6, 6.07) is 9.26. The molecule has 3 N–H and O–H groups in total. The van der Waals surface area contributed by atoms with E-state index in [1.807, 2.05) is 0 Å². The zero-order chi connectivity index (χ0) is 25.2. The Morgan fingerprint density at radius 3 is 2.50 bits per heavy atom. The van der Waals surface area contributed by atoms with E-state index in [0.717, 1.165) is 0 Å². The number of anilines is 1. The third kappa shape index (κ3) is 4.85. The van der Waals surface area contributed by atoms with Gasteiger partial charge in [-0.15, -0.1) is 0 Å². The highest BCUT2D eigenvalue weighted by atomic mass is 19.1. The molecule has 1 heterocycles. The van der Waals surface area contributed by atoms with Crippen molar-refractivity contribution >= 4 is 28.7 Å². The van der Waals surface area contributed by atoms with Crippen molar-refractivity contribution in [3.05, 3.63) is 64.5 Å². The molecule has 10 heteroatoms. The van der Waals surface area contributed by atoms with Crippen LogP contribution >= 0.6 is 0 Å². The van der Waals surface area contributed by atoms with Crippen LogP contribution in [0.5, 0.6) is 0 Å². The Labute approximate surface area is 196 Å². The minimum atomic E-state index is -1.19. The van der Waals surface area contributed by atoms with Gasteiger partial charge in [0.15, 0.2) is 0 Å². The summed E-state index contributed by atoms with van der Waals surface area (Å²) >= 11 is 0. The lowest BCUT2D eigenvalue weighted by molar-refractivity contribution is 0.0719. The molecule has 3 amide bonds.